The number of nitrogens with zero attached hydrogens (tertiary/aromatic N) is 1. The molecule has 0 aromatic rings. The molecule has 1 aliphatic heterocycles. The minimum Gasteiger partial charge on any atom is -0.336 e. The molecule has 0 aliphatic carbocycles. The van der Waals surface area contributed by atoms with E-state index in [4.69, 9.17) is 0 Å². The summed E-state index contributed by atoms with van der Waals surface area (Å²) < 4.78 is 1.01. The van der Waals surface area contributed by atoms with Crippen LogP contribution < -0.4 is 5.32 Å². The van der Waals surface area contributed by atoms with E-state index in [0.717, 1.165) is 17.5 Å². The van der Waals surface area contributed by atoms with Crippen molar-refractivity contribution in [2.45, 2.75) is 13.0 Å². The Kier molecular flexibility index (Phi) is 2.76. The minimum atomic E-state index is 0.0872. The van der Waals surface area contributed by atoms with Crippen molar-refractivity contribution in [2.75, 3.05) is 17.5 Å². The zero-order valence-corrected chi connectivity index (χ0v) is 8.09. The van der Waals surface area contributed by atoms with E-state index in [1.807, 2.05) is 4.90 Å². The van der Waals surface area contributed by atoms with Gasteiger partial charge < -0.3 is 10.2 Å². The van der Waals surface area contributed by atoms with Gasteiger partial charge >= 0.3 is 6.03 Å². The van der Waals surface area contributed by atoms with Crippen LogP contribution in [0.2, 0.25) is 0 Å². The van der Waals surface area contributed by atoms with Crippen molar-refractivity contribution in [3.8, 4) is 0 Å². The van der Waals surface area contributed by atoms with E-state index in [0.29, 0.717) is 6.04 Å². The highest BCUT2D eigenvalue weighted by atomic mass is 127. The van der Waals surface area contributed by atoms with Crippen molar-refractivity contribution in [1.82, 2.24) is 10.2 Å². The molecule has 1 saturated heterocycles. The highest BCUT2D eigenvalue weighted by Crippen LogP contribution is 2.05. The Bertz CT molecular complexity index is 140. The maximum atomic E-state index is 11.0. The molecule has 0 radical (unpaired) electrons. The van der Waals surface area contributed by atoms with Gasteiger partial charge in [0, 0.05) is 23.6 Å². The van der Waals surface area contributed by atoms with Crippen LogP contribution in [-0.4, -0.2) is 34.5 Å². The molecule has 10 heavy (non-hydrogen) atoms. The summed E-state index contributed by atoms with van der Waals surface area (Å²) in [4.78, 5) is 12.9. The van der Waals surface area contributed by atoms with Gasteiger partial charge in [0.1, 0.15) is 0 Å². The average molecular weight is 254 g/mol. The standard InChI is InChI=1S/C6H11IN2O/c1-5(4-7)9-3-2-8-6(9)10/h5H,2-4H2,1H3,(H,8,10). The largest absolute Gasteiger partial charge is 0.336 e. The Hall–Kier alpha value is 0. The van der Waals surface area contributed by atoms with Gasteiger partial charge in [-0.1, -0.05) is 22.6 Å². The molecule has 58 valence electrons. The fraction of sp³-hybridized carbons (Fsp3) is 0.833. The number of hydrogen-bond acceptors (Lipinski definition) is 1. The van der Waals surface area contributed by atoms with E-state index in [9.17, 15) is 4.79 Å². The lowest BCUT2D eigenvalue weighted by molar-refractivity contribution is 0.207. The normalized spacial score (nSPS) is 21.0. The summed E-state index contributed by atoms with van der Waals surface area (Å²) in [7, 11) is 0. The smallest absolute Gasteiger partial charge is 0.317 e. The van der Waals surface area contributed by atoms with Crippen molar-refractivity contribution in [2.24, 2.45) is 0 Å². The molecule has 3 nitrogen and oxygen atoms in total. The molecule has 1 aliphatic rings. The van der Waals surface area contributed by atoms with Crippen molar-refractivity contribution in [1.29, 1.82) is 0 Å². The summed E-state index contributed by atoms with van der Waals surface area (Å²) in [5.74, 6) is 0. The summed E-state index contributed by atoms with van der Waals surface area (Å²) >= 11 is 2.29. The summed E-state index contributed by atoms with van der Waals surface area (Å²) in [6.45, 7) is 3.74. The lowest BCUT2D eigenvalue weighted by atomic mass is 10.3. The Morgan fingerprint density at radius 3 is 3.00 bits per heavy atom. The SMILES string of the molecule is CC(CI)N1CCNC1=O. The minimum absolute atomic E-state index is 0.0872. The molecule has 1 rings (SSSR count). The molecule has 1 heterocycles. The van der Waals surface area contributed by atoms with Gasteiger partial charge in [0.15, 0.2) is 0 Å². The van der Waals surface area contributed by atoms with Gasteiger partial charge in [0.25, 0.3) is 0 Å². The first-order chi connectivity index (χ1) is 4.75. The highest BCUT2D eigenvalue weighted by Gasteiger charge is 2.23. The summed E-state index contributed by atoms with van der Waals surface area (Å²) in [6, 6.07) is 0.465. The number of halogens is 1. The van der Waals surface area contributed by atoms with E-state index < -0.39 is 0 Å². The molecule has 0 aromatic carbocycles. The van der Waals surface area contributed by atoms with E-state index in [1.54, 1.807) is 0 Å². The average Bonchev–Trinajstić information content (AvgIpc) is 2.34. The van der Waals surface area contributed by atoms with Crippen LogP contribution in [0.1, 0.15) is 6.92 Å². The number of amides is 2. The Morgan fingerprint density at radius 1 is 1.90 bits per heavy atom. The summed E-state index contributed by atoms with van der Waals surface area (Å²) in [5, 5.41) is 2.77. The first-order valence-electron chi connectivity index (χ1n) is 3.36. The van der Waals surface area contributed by atoms with Crippen LogP contribution in [0.5, 0.6) is 0 Å². The Labute approximate surface area is 74.3 Å². The molecular weight excluding hydrogens is 243 g/mol. The zero-order chi connectivity index (χ0) is 7.56. The van der Waals surface area contributed by atoms with Crippen LogP contribution in [0, 0.1) is 0 Å². The molecule has 0 bridgehead atoms. The lowest BCUT2D eigenvalue weighted by Crippen LogP contribution is -2.36. The highest BCUT2D eigenvalue weighted by molar-refractivity contribution is 14.1. The number of urea groups is 1. The predicted octanol–water partition coefficient (Wildman–Crippen LogP) is 0.835. The number of alkyl halides is 1. The Balaban J connectivity index is 2.46. The quantitative estimate of drug-likeness (QED) is 0.574. The van der Waals surface area contributed by atoms with Crippen molar-refractivity contribution < 1.29 is 4.79 Å². The van der Waals surface area contributed by atoms with E-state index in [2.05, 4.69) is 34.8 Å². The third-order valence-electron chi connectivity index (χ3n) is 1.65. The maximum absolute atomic E-state index is 11.0. The van der Waals surface area contributed by atoms with Gasteiger partial charge in [0.05, 0.1) is 0 Å². The first kappa shape index (κ1) is 8.10. The molecular formula is C6H11IN2O. The van der Waals surface area contributed by atoms with Crippen molar-refractivity contribution in [3.05, 3.63) is 0 Å². The molecule has 4 heteroatoms. The van der Waals surface area contributed by atoms with E-state index in [-0.39, 0.29) is 6.03 Å². The van der Waals surface area contributed by atoms with Crippen molar-refractivity contribution >= 4 is 28.6 Å². The summed E-state index contributed by atoms with van der Waals surface area (Å²) in [6.07, 6.45) is 0. The van der Waals surface area contributed by atoms with Crippen LogP contribution in [-0.2, 0) is 0 Å². The number of rotatable bonds is 2. The monoisotopic (exact) mass is 254 g/mol. The topological polar surface area (TPSA) is 32.3 Å². The fourth-order valence-corrected chi connectivity index (χ4v) is 1.47. The molecule has 1 unspecified atom stereocenters. The van der Waals surface area contributed by atoms with Gasteiger partial charge in [-0.2, -0.15) is 0 Å². The lowest BCUT2D eigenvalue weighted by Gasteiger charge is -2.20. The maximum Gasteiger partial charge on any atom is 0.317 e. The van der Waals surface area contributed by atoms with Gasteiger partial charge in [-0.3, -0.25) is 0 Å². The van der Waals surface area contributed by atoms with E-state index >= 15 is 0 Å². The molecule has 2 amide bonds. The first-order valence-corrected chi connectivity index (χ1v) is 4.88. The Morgan fingerprint density at radius 2 is 2.60 bits per heavy atom. The van der Waals surface area contributed by atoms with Gasteiger partial charge in [-0.15, -0.1) is 0 Å². The second kappa shape index (κ2) is 3.41. The zero-order valence-electron chi connectivity index (χ0n) is 5.93. The van der Waals surface area contributed by atoms with E-state index in [1.165, 1.54) is 0 Å². The van der Waals surface area contributed by atoms with Gasteiger partial charge in [0.2, 0.25) is 0 Å². The third kappa shape index (κ3) is 1.53. The molecule has 0 aromatic heterocycles. The second-order valence-electron chi connectivity index (χ2n) is 2.43. The second-order valence-corrected chi connectivity index (χ2v) is 3.31. The summed E-state index contributed by atoms with van der Waals surface area (Å²) in [5.41, 5.74) is 0. The number of nitrogens with one attached hydrogen (secondary N) is 1. The molecule has 1 atom stereocenters. The molecule has 0 spiro atoms. The van der Waals surface area contributed by atoms with Gasteiger partial charge in [-0.05, 0) is 6.92 Å². The van der Waals surface area contributed by atoms with Crippen LogP contribution in [0.3, 0.4) is 0 Å². The van der Waals surface area contributed by atoms with Crippen LogP contribution in [0.15, 0.2) is 0 Å². The molecule has 1 N–H and O–H groups in total. The fourth-order valence-electron chi connectivity index (χ4n) is 0.990. The van der Waals surface area contributed by atoms with Crippen molar-refractivity contribution in [3.63, 3.8) is 0 Å². The number of hydrogen-bond donors (Lipinski definition) is 1. The molecule has 0 saturated carbocycles. The molecule has 1 fully saturated rings. The van der Waals surface area contributed by atoms with Crippen LogP contribution >= 0.6 is 22.6 Å². The number of carbonyl (C=O) groups is 1. The predicted molar refractivity (Wildman–Crippen MR) is 48.5 cm³/mol. The van der Waals surface area contributed by atoms with Gasteiger partial charge in [-0.25, -0.2) is 4.79 Å². The number of carbonyl (C=O) groups excluding carboxylic acids is 1. The van der Waals surface area contributed by atoms with Crippen LogP contribution in [0.4, 0.5) is 4.79 Å². The van der Waals surface area contributed by atoms with Crippen LogP contribution in [0.25, 0.3) is 0 Å². The third-order valence-corrected chi connectivity index (χ3v) is 2.92.